The lowest BCUT2D eigenvalue weighted by molar-refractivity contribution is 0.211. The van der Waals surface area contributed by atoms with Crippen molar-refractivity contribution in [3.05, 3.63) is 34.9 Å². The molecule has 0 atom stereocenters. The van der Waals surface area contributed by atoms with E-state index in [1.807, 2.05) is 18.2 Å². The molecule has 1 N–H and O–H groups in total. The standard InChI is InChI=1S/C20H28N4O4S/c25-10-9-24-15-21-19-13-17(1-2-18(19)20(24)26)23-7-5-22(6-8-23)14-16-3-11-29(27,28)12-4-16/h1-2,13,15-16,25H,3-12,14H2. The van der Waals surface area contributed by atoms with Gasteiger partial charge in [-0.25, -0.2) is 13.4 Å². The normalized spacial score (nSPS) is 20.9. The average molecular weight is 421 g/mol. The van der Waals surface area contributed by atoms with E-state index in [4.69, 9.17) is 5.11 Å². The van der Waals surface area contributed by atoms with Crippen LogP contribution >= 0.6 is 0 Å². The highest BCUT2D eigenvalue weighted by atomic mass is 32.2. The lowest BCUT2D eigenvalue weighted by Crippen LogP contribution is -2.48. The van der Waals surface area contributed by atoms with Crippen LogP contribution in [0, 0.1) is 5.92 Å². The van der Waals surface area contributed by atoms with Gasteiger partial charge in [-0.15, -0.1) is 0 Å². The Balaban J connectivity index is 1.37. The third-order valence-electron chi connectivity index (χ3n) is 6.08. The summed E-state index contributed by atoms with van der Waals surface area (Å²) in [7, 11) is -2.80. The minimum absolute atomic E-state index is 0.0911. The first-order valence-electron chi connectivity index (χ1n) is 10.2. The lowest BCUT2D eigenvalue weighted by atomic mass is 10.0. The molecule has 2 aromatic rings. The van der Waals surface area contributed by atoms with E-state index >= 15 is 0 Å². The molecular formula is C20H28N4O4S. The number of anilines is 1. The molecule has 3 heterocycles. The molecule has 0 spiro atoms. The molecule has 8 nitrogen and oxygen atoms in total. The van der Waals surface area contributed by atoms with Crippen molar-refractivity contribution in [3.63, 3.8) is 0 Å². The minimum Gasteiger partial charge on any atom is -0.395 e. The topological polar surface area (TPSA) is 95.7 Å². The van der Waals surface area contributed by atoms with Crippen molar-refractivity contribution in [1.82, 2.24) is 14.5 Å². The second kappa shape index (κ2) is 8.41. The summed E-state index contributed by atoms with van der Waals surface area (Å²) in [5.74, 6) is 1.15. The van der Waals surface area contributed by atoms with Crippen LogP contribution in [0.3, 0.4) is 0 Å². The van der Waals surface area contributed by atoms with Crippen LogP contribution < -0.4 is 10.5 Å². The molecule has 0 radical (unpaired) electrons. The largest absolute Gasteiger partial charge is 0.395 e. The number of aliphatic hydroxyl groups excluding tert-OH is 1. The highest BCUT2D eigenvalue weighted by Crippen LogP contribution is 2.23. The fourth-order valence-electron chi connectivity index (χ4n) is 4.29. The van der Waals surface area contributed by atoms with Gasteiger partial charge < -0.3 is 10.0 Å². The Bertz CT molecular complexity index is 1010. The van der Waals surface area contributed by atoms with E-state index in [9.17, 15) is 13.2 Å². The summed E-state index contributed by atoms with van der Waals surface area (Å²) in [4.78, 5) is 21.6. The van der Waals surface area contributed by atoms with Gasteiger partial charge in [0, 0.05) is 38.4 Å². The molecule has 158 valence electrons. The molecule has 1 aromatic carbocycles. The van der Waals surface area contributed by atoms with Crippen molar-refractivity contribution < 1.29 is 13.5 Å². The van der Waals surface area contributed by atoms with Crippen LogP contribution in [0.25, 0.3) is 10.9 Å². The van der Waals surface area contributed by atoms with Crippen LogP contribution in [-0.4, -0.2) is 78.8 Å². The van der Waals surface area contributed by atoms with Crippen molar-refractivity contribution in [1.29, 1.82) is 0 Å². The number of sulfone groups is 1. The molecule has 0 amide bonds. The van der Waals surface area contributed by atoms with Crippen molar-refractivity contribution >= 4 is 26.4 Å². The van der Waals surface area contributed by atoms with Crippen LogP contribution in [0.1, 0.15) is 12.8 Å². The lowest BCUT2D eigenvalue weighted by Gasteiger charge is -2.38. The van der Waals surface area contributed by atoms with Gasteiger partial charge in [0.25, 0.3) is 5.56 Å². The molecule has 2 aliphatic rings. The monoisotopic (exact) mass is 420 g/mol. The highest BCUT2D eigenvalue weighted by Gasteiger charge is 2.26. The van der Waals surface area contributed by atoms with Crippen molar-refractivity contribution in [2.45, 2.75) is 19.4 Å². The maximum absolute atomic E-state index is 12.4. The van der Waals surface area contributed by atoms with E-state index in [1.165, 1.54) is 10.9 Å². The molecule has 0 saturated carbocycles. The molecule has 2 saturated heterocycles. The summed E-state index contributed by atoms with van der Waals surface area (Å²) >= 11 is 0. The van der Waals surface area contributed by atoms with Gasteiger partial charge in [0.1, 0.15) is 9.84 Å². The zero-order valence-corrected chi connectivity index (χ0v) is 17.4. The van der Waals surface area contributed by atoms with Crippen LogP contribution in [0.4, 0.5) is 5.69 Å². The Kier molecular flexibility index (Phi) is 5.89. The highest BCUT2D eigenvalue weighted by molar-refractivity contribution is 7.91. The Morgan fingerprint density at radius 3 is 2.52 bits per heavy atom. The average Bonchev–Trinajstić information content (AvgIpc) is 2.72. The zero-order valence-electron chi connectivity index (χ0n) is 16.5. The Morgan fingerprint density at radius 1 is 1.10 bits per heavy atom. The summed E-state index contributed by atoms with van der Waals surface area (Å²) in [6.07, 6.45) is 3.06. The first-order valence-corrected chi connectivity index (χ1v) is 12.0. The fraction of sp³-hybridized carbons (Fsp3) is 0.600. The van der Waals surface area contributed by atoms with Crippen LogP contribution in [0.15, 0.2) is 29.3 Å². The molecule has 2 aliphatic heterocycles. The van der Waals surface area contributed by atoms with Gasteiger partial charge in [-0.3, -0.25) is 14.3 Å². The maximum atomic E-state index is 12.4. The van der Waals surface area contributed by atoms with Crippen molar-refractivity contribution in [2.24, 2.45) is 5.92 Å². The SMILES string of the molecule is O=c1c2ccc(N3CCN(CC4CCS(=O)(=O)CC4)CC3)cc2ncn1CCO. The van der Waals surface area contributed by atoms with E-state index in [0.717, 1.165) is 51.3 Å². The van der Waals surface area contributed by atoms with Gasteiger partial charge in [-0.2, -0.15) is 0 Å². The Labute approximate surface area is 170 Å². The number of hydrogen-bond donors (Lipinski definition) is 1. The van der Waals surface area contributed by atoms with E-state index in [-0.39, 0.29) is 18.7 Å². The summed E-state index contributed by atoms with van der Waals surface area (Å²) in [5, 5.41) is 9.62. The number of piperazine rings is 1. The predicted octanol–water partition coefficient (Wildman–Crippen LogP) is 0.336. The Morgan fingerprint density at radius 2 is 1.83 bits per heavy atom. The summed E-state index contributed by atoms with van der Waals surface area (Å²) in [6.45, 7) is 4.84. The number of hydrogen-bond acceptors (Lipinski definition) is 7. The third-order valence-corrected chi connectivity index (χ3v) is 7.79. The van der Waals surface area contributed by atoms with Gasteiger partial charge in [0.15, 0.2) is 0 Å². The predicted molar refractivity (Wildman–Crippen MR) is 113 cm³/mol. The maximum Gasteiger partial charge on any atom is 0.261 e. The quantitative estimate of drug-likeness (QED) is 0.745. The second-order valence-corrected chi connectivity index (χ2v) is 10.4. The molecule has 4 rings (SSSR count). The number of aromatic nitrogens is 2. The van der Waals surface area contributed by atoms with E-state index < -0.39 is 9.84 Å². The van der Waals surface area contributed by atoms with E-state index in [2.05, 4.69) is 14.8 Å². The van der Waals surface area contributed by atoms with E-state index in [0.29, 0.717) is 28.3 Å². The molecular weight excluding hydrogens is 392 g/mol. The summed E-state index contributed by atoms with van der Waals surface area (Å²) < 4.78 is 24.6. The molecule has 0 aliphatic carbocycles. The Hall–Kier alpha value is -1.97. The van der Waals surface area contributed by atoms with Gasteiger partial charge in [-0.05, 0) is 37.0 Å². The van der Waals surface area contributed by atoms with Crippen LogP contribution in [0.2, 0.25) is 0 Å². The molecule has 2 fully saturated rings. The van der Waals surface area contributed by atoms with Crippen LogP contribution in [0.5, 0.6) is 0 Å². The first-order chi connectivity index (χ1) is 13.9. The number of rotatable bonds is 5. The molecule has 0 unspecified atom stereocenters. The van der Waals surface area contributed by atoms with Gasteiger partial charge in [0.05, 0.1) is 41.9 Å². The third kappa shape index (κ3) is 4.62. The molecule has 1 aromatic heterocycles. The van der Waals surface area contributed by atoms with E-state index in [1.54, 1.807) is 0 Å². The summed E-state index contributed by atoms with van der Waals surface area (Å²) in [5.41, 5.74) is 1.61. The molecule has 0 bridgehead atoms. The smallest absolute Gasteiger partial charge is 0.261 e. The summed E-state index contributed by atoms with van der Waals surface area (Å²) in [6, 6.07) is 5.75. The van der Waals surface area contributed by atoms with Gasteiger partial charge in [0.2, 0.25) is 0 Å². The first kappa shape index (κ1) is 20.3. The minimum atomic E-state index is -2.80. The van der Waals surface area contributed by atoms with Gasteiger partial charge in [-0.1, -0.05) is 0 Å². The van der Waals surface area contributed by atoms with Crippen molar-refractivity contribution in [2.75, 3.05) is 55.7 Å². The number of aliphatic hydroxyl groups is 1. The zero-order chi connectivity index (χ0) is 20.4. The number of nitrogens with zero attached hydrogens (tertiary/aromatic N) is 4. The van der Waals surface area contributed by atoms with Gasteiger partial charge >= 0.3 is 0 Å². The molecule has 9 heteroatoms. The molecule has 29 heavy (non-hydrogen) atoms. The van der Waals surface area contributed by atoms with Crippen LogP contribution in [-0.2, 0) is 16.4 Å². The van der Waals surface area contributed by atoms with Crippen molar-refractivity contribution in [3.8, 4) is 0 Å². The second-order valence-electron chi connectivity index (χ2n) is 8.05. The fourth-order valence-corrected chi connectivity index (χ4v) is 5.87. The number of benzene rings is 1. The number of fused-ring (bicyclic) bond motifs is 1.